The van der Waals surface area contributed by atoms with Crippen LogP contribution in [0.3, 0.4) is 0 Å². The van der Waals surface area contributed by atoms with E-state index in [-0.39, 0.29) is 6.54 Å². The van der Waals surface area contributed by atoms with Gasteiger partial charge in [0.2, 0.25) is 0 Å². The average Bonchev–Trinajstić information content (AvgIpc) is 2.03. The summed E-state index contributed by atoms with van der Waals surface area (Å²) in [6, 6.07) is 7.49. The first-order chi connectivity index (χ1) is 5.24. The Hall–Kier alpha value is -0.380. The molecular weight excluding hydrogens is 206 g/mol. The second-order valence-corrected chi connectivity index (χ2v) is 3.22. The van der Waals surface area contributed by atoms with E-state index in [1.165, 1.54) is 0 Å². The monoisotopic (exact) mass is 215 g/mol. The summed E-state index contributed by atoms with van der Waals surface area (Å²) >= 11 is 3.31. The van der Waals surface area contributed by atoms with E-state index in [4.69, 9.17) is 5.73 Å². The van der Waals surface area contributed by atoms with Crippen LogP contribution in [0, 0.1) is 0 Å². The molecule has 0 spiro atoms. The maximum atomic E-state index is 9.31. The Morgan fingerprint density at radius 3 is 2.82 bits per heavy atom. The van der Waals surface area contributed by atoms with E-state index in [0.717, 1.165) is 10.0 Å². The van der Waals surface area contributed by atoms with Gasteiger partial charge in [0.15, 0.2) is 0 Å². The van der Waals surface area contributed by atoms with Gasteiger partial charge in [-0.25, -0.2) is 0 Å². The lowest BCUT2D eigenvalue weighted by Gasteiger charge is -2.07. The van der Waals surface area contributed by atoms with Crippen molar-refractivity contribution in [2.75, 3.05) is 6.54 Å². The van der Waals surface area contributed by atoms with Crippen LogP contribution in [-0.4, -0.2) is 11.7 Å². The van der Waals surface area contributed by atoms with Gasteiger partial charge in [-0.15, -0.1) is 0 Å². The van der Waals surface area contributed by atoms with Crippen molar-refractivity contribution in [3.8, 4) is 0 Å². The van der Waals surface area contributed by atoms with Crippen LogP contribution in [0.1, 0.15) is 11.7 Å². The maximum Gasteiger partial charge on any atom is 0.0912 e. The number of rotatable bonds is 2. The van der Waals surface area contributed by atoms with Gasteiger partial charge in [-0.05, 0) is 17.7 Å². The molecule has 0 saturated carbocycles. The van der Waals surface area contributed by atoms with Gasteiger partial charge in [-0.3, -0.25) is 0 Å². The van der Waals surface area contributed by atoms with Crippen LogP contribution >= 0.6 is 15.9 Å². The van der Waals surface area contributed by atoms with Crippen molar-refractivity contribution in [1.29, 1.82) is 0 Å². The minimum absolute atomic E-state index is 0.260. The zero-order valence-corrected chi connectivity index (χ0v) is 7.58. The number of hydrogen-bond acceptors (Lipinski definition) is 2. The Morgan fingerprint density at radius 1 is 1.55 bits per heavy atom. The standard InChI is InChI=1S/C8H10BrNO/c9-7-3-1-2-6(4-7)8(11)5-10/h1-4,8,11H,5,10H2. The molecule has 0 amide bonds. The summed E-state index contributed by atoms with van der Waals surface area (Å²) < 4.78 is 0.961. The lowest BCUT2D eigenvalue weighted by molar-refractivity contribution is 0.186. The van der Waals surface area contributed by atoms with E-state index in [1.807, 2.05) is 24.3 Å². The molecule has 1 aromatic rings. The van der Waals surface area contributed by atoms with Gasteiger partial charge in [0.1, 0.15) is 0 Å². The van der Waals surface area contributed by atoms with E-state index >= 15 is 0 Å². The zero-order chi connectivity index (χ0) is 8.27. The highest BCUT2D eigenvalue weighted by molar-refractivity contribution is 9.10. The van der Waals surface area contributed by atoms with Crippen molar-refractivity contribution >= 4 is 15.9 Å². The number of aliphatic hydroxyl groups excluding tert-OH is 1. The number of benzene rings is 1. The minimum Gasteiger partial charge on any atom is -0.387 e. The first-order valence-electron chi connectivity index (χ1n) is 3.37. The summed E-state index contributed by atoms with van der Waals surface area (Å²) in [4.78, 5) is 0. The molecule has 1 unspecified atom stereocenters. The molecule has 0 aromatic heterocycles. The van der Waals surface area contributed by atoms with Gasteiger partial charge in [-0.2, -0.15) is 0 Å². The summed E-state index contributed by atoms with van der Waals surface area (Å²) in [6.45, 7) is 0.260. The normalized spacial score (nSPS) is 13.0. The summed E-state index contributed by atoms with van der Waals surface area (Å²) in [5.74, 6) is 0. The predicted molar refractivity (Wildman–Crippen MR) is 48.2 cm³/mol. The fourth-order valence-corrected chi connectivity index (χ4v) is 1.27. The van der Waals surface area contributed by atoms with Crippen LogP contribution < -0.4 is 5.73 Å². The summed E-state index contributed by atoms with van der Waals surface area (Å²) in [5.41, 5.74) is 6.14. The molecule has 0 aliphatic rings. The molecule has 3 N–H and O–H groups in total. The third-order valence-electron chi connectivity index (χ3n) is 1.46. The van der Waals surface area contributed by atoms with Crippen LogP contribution in [0.2, 0.25) is 0 Å². The first kappa shape index (κ1) is 8.71. The van der Waals surface area contributed by atoms with E-state index in [2.05, 4.69) is 15.9 Å². The SMILES string of the molecule is NCC(O)c1cccc(Br)c1. The van der Waals surface area contributed by atoms with Crippen molar-refractivity contribution in [2.45, 2.75) is 6.10 Å². The third-order valence-corrected chi connectivity index (χ3v) is 1.95. The highest BCUT2D eigenvalue weighted by Gasteiger charge is 2.03. The molecule has 11 heavy (non-hydrogen) atoms. The van der Waals surface area contributed by atoms with Crippen LogP contribution in [0.4, 0.5) is 0 Å². The molecule has 1 atom stereocenters. The Morgan fingerprint density at radius 2 is 2.27 bits per heavy atom. The molecule has 0 fully saturated rings. The van der Waals surface area contributed by atoms with Gasteiger partial charge in [0.25, 0.3) is 0 Å². The topological polar surface area (TPSA) is 46.2 Å². The Labute approximate surface area is 74.2 Å². The van der Waals surface area contributed by atoms with Gasteiger partial charge in [-0.1, -0.05) is 28.1 Å². The lowest BCUT2D eigenvalue weighted by Crippen LogP contribution is -2.11. The molecule has 60 valence electrons. The van der Waals surface area contributed by atoms with Crippen LogP contribution in [0.25, 0.3) is 0 Å². The molecule has 1 rings (SSSR count). The summed E-state index contributed by atoms with van der Waals surface area (Å²) in [6.07, 6.45) is -0.549. The summed E-state index contributed by atoms with van der Waals surface area (Å²) in [5, 5.41) is 9.31. The Balaban J connectivity index is 2.86. The third kappa shape index (κ3) is 2.29. The molecule has 0 radical (unpaired) electrons. The maximum absolute atomic E-state index is 9.31. The molecule has 0 aliphatic carbocycles. The quantitative estimate of drug-likeness (QED) is 0.785. The van der Waals surface area contributed by atoms with E-state index < -0.39 is 6.10 Å². The largest absolute Gasteiger partial charge is 0.387 e. The van der Waals surface area contributed by atoms with E-state index in [0.29, 0.717) is 0 Å². The molecule has 0 bridgehead atoms. The Kier molecular flexibility index (Phi) is 3.05. The predicted octanol–water partition coefficient (Wildman–Crippen LogP) is 1.44. The smallest absolute Gasteiger partial charge is 0.0912 e. The zero-order valence-electron chi connectivity index (χ0n) is 6.00. The van der Waals surface area contributed by atoms with Gasteiger partial charge >= 0.3 is 0 Å². The lowest BCUT2D eigenvalue weighted by atomic mass is 10.1. The molecule has 0 heterocycles. The molecule has 3 heteroatoms. The van der Waals surface area contributed by atoms with Crippen molar-refractivity contribution < 1.29 is 5.11 Å². The molecule has 1 aromatic carbocycles. The molecular formula is C8H10BrNO. The first-order valence-corrected chi connectivity index (χ1v) is 4.17. The number of hydrogen-bond donors (Lipinski definition) is 2. The van der Waals surface area contributed by atoms with E-state index in [1.54, 1.807) is 0 Å². The fourth-order valence-electron chi connectivity index (χ4n) is 0.850. The summed E-state index contributed by atoms with van der Waals surface area (Å²) in [7, 11) is 0. The Bertz CT molecular complexity index is 239. The average molecular weight is 216 g/mol. The van der Waals surface area contributed by atoms with Gasteiger partial charge in [0.05, 0.1) is 6.10 Å². The number of nitrogens with two attached hydrogens (primary N) is 1. The van der Waals surface area contributed by atoms with Crippen molar-refractivity contribution in [2.24, 2.45) is 5.73 Å². The minimum atomic E-state index is -0.549. The molecule has 0 aliphatic heterocycles. The van der Waals surface area contributed by atoms with Crippen LogP contribution in [-0.2, 0) is 0 Å². The van der Waals surface area contributed by atoms with Crippen molar-refractivity contribution in [3.05, 3.63) is 34.3 Å². The fraction of sp³-hybridized carbons (Fsp3) is 0.250. The van der Waals surface area contributed by atoms with Crippen LogP contribution in [0.15, 0.2) is 28.7 Å². The van der Waals surface area contributed by atoms with E-state index in [9.17, 15) is 5.11 Å². The van der Waals surface area contributed by atoms with Gasteiger partial charge in [0, 0.05) is 11.0 Å². The second kappa shape index (κ2) is 3.85. The molecule has 0 saturated heterocycles. The van der Waals surface area contributed by atoms with Crippen molar-refractivity contribution in [3.63, 3.8) is 0 Å². The molecule has 2 nitrogen and oxygen atoms in total. The highest BCUT2D eigenvalue weighted by Crippen LogP contribution is 2.16. The highest BCUT2D eigenvalue weighted by atomic mass is 79.9. The second-order valence-electron chi connectivity index (χ2n) is 2.31. The van der Waals surface area contributed by atoms with Gasteiger partial charge < -0.3 is 10.8 Å². The van der Waals surface area contributed by atoms with Crippen LogP contribution in [0.5, 0.6) is 0 Å². The van der Waals surface area contributed by atoms with Crippen molar-refractivity contribution in [1.82, 2.24) is 0 Å². The number of aliphatic hydroxyl groups is 1. The number of halogens is 1.